The molecule has 1 aliphatic rings. The first-order valence-electron chi connectivity index (χ1n) is 6.93. The predicted octanol–water partition coefficient (Wildman–Crippen LogP) is 2.65. The van der Waals surface area contributed by atoms with Gasteiger partial charge in [-0.25, -0.2) is 0 Å². The molecule has 0 amide bonds. The molecule has 1 aliphatic carbocycles. The van der Waals surface area contributed by atoms with E-state index in [1.165, 1.54) is 12.8 Å². The molecule has 106 valence electrons. The van der Waals surface area contributed by atoms with Crippen LogP contribution in [-0.2, 0) is 10.8 Å². The molecule has 0 bridgehead atoms. The summed E-state index contributed by atoms with van der Waals surface area (Å²) in [6, 6.07) is 8.14. The van der Waals surface area contributed by atoms with Gasteiger partial charge in [-0.1, -0.05) is 25.0 Å². The van der Waals surface area contributed by atoms with Crippen LogP contribution in [0.2, 0.25) is 0 Å². The maximum Gasteiger partial charge on any atom is 0.119 e. The van der Waals surface area contributed by atoms with Crippen LogP contribution < -0.4 is 10.1 Å². The topological polar surface area (TPSA) is 38.3 Å². The van der Waals surface area contributed by atoms with E-state index in [1.54, 1.807) is 7.11 Å². The van der Waals surface area contributed by atoms with Gasteiger partial charge < -0.3 is 10.1 Å². The molecule has 1 saturated carbocycles. The van der Waals surface area contributed by atoms with E-state index in [1.807, 2.05) is 25.2 Å². The molecule has 0 aromatic heterocycles. The third-order valence-electron chi connectivity index (χ3n) is 3.85. The fourth-order valence-electron chi connectivity index (χ4n) is 2.66. The fourth-order valence-corrected chi connectivity index (χ4v) is 4.48. The molecule has 1 N–H and O–H groups in total. The number of methoxy groups -OCH3 is 1. The molecular weight excluding hydrogens is 258 g/mol. The molecule has 4 heteroatoms. The van der Waals surface area contributed by atoms with Crippen LogP contribution in [0.15, 0.2) is 24.3 Å². The predicted molar refractivity (Wildman–Crippen MR) is 80.1 cm³/mol. The average molecular weight is 281 g/mol. The molecule has 1 aromatic rings. The third-order valence-corrected chi connectivity index (χ3v) is 5.73. The summed E-state index contributed by atoms with van der Waals surface area (Å²) in [4.78, 5) is 0. The number of nitrogens with one attached hydrogen (secondary N) is 1. The number of rotatable bonds is 6. The Morgan fingerprint density at radius 2 is 2.16 bits per heavy atom. The zero-order chi connectivity index (χ0) is 13.7. The van der Waals surface area contributed by atoms with Crippen molar-refractivity contribution < 1.29 is 8.95 Å². The van der Waals surface area contributed by atoms with Crippen molar-refractivity contribution in [1.29, 1.82) is 0 Å². The smallest absolute Gasteiger partial charge is 0.119 e. The lowest BCUT2D eigenvalue weighted by molar-refractivity contribution is 0.413. The minimum atomic E-state index is -0.738. The number of ether oxygens (including phenoxy) is 1. The van der Waals surface area contributed by atoms with Crippen LogP contribution in [0.5, 0.6) is 5.75 Å². The summed E-state index contributed by atoms with van der Waals surface area (Å²) >= 11 is 0. The molecule has 1 aromatic carbocycles. The first-order valence-corrected chi connectivity index (χ1v) is 8.31. The Labute approximate surface area is 118 Å². The highest BCUT2D eigenvalue weighted by atomic mass is 32.2. The van der Waals surface area contributed by atoms with Crippen LogP contribution in [0.1, 0.15) is 37.3 Å². The molecule has 1 fully saturated rings. The number of benzene rings is 1. The SMILES string of the molecule is CNC(CS(=O)C1CCCC1)c1cccc(OC)c1. The van der Waals surface area contributed by atoms with Crippen molar-refractivity contribution in [2.45, 2.75) is 37.0 Å². The third kappa shape index (κ3) is 3.80. The van der Waals surface area contributed by atoms with E-state index in [-0.39, 0.29) is 6.04 Å². The monoisotopic (exact) mass is 281 g/mol. The van der Waals surface area contributed by atoms with E-state index in [0.29, 0.717) is 11.0 Å². The minimum absolute atomic E-state index is 0.136. The van der Waals surface area contributed by atoms with Gasteiger partial charge in [0.1, 0.15) is 5.75 Å². The van der Waals surface area contributed by atoms with Gasteiger partial charge in [-0.05, 0) is 37.6 Å². The molecule has 3 nitrogen and oxygen atoms in total. The Kier molecular flexibility index (Phi) is 5.40. The molecule has 0 heterocycles. The zero-order valence-electron chi connectivity index (χ0n) is 11.7. The first-order chi connectivity index (χ1) is 9.24. The lowest BCUT2D eigenvalue weighted by Crippen LogP contribution is -2.26. The molecule has 0 radical (unpaired) electrons. The van der Waals surface area contributed by atoms with Gasteiger partial charge in [-0.15, -0.1) is 0 Å². The van der Waals surface area contributed by atoms with Crippen molar-refractivity contribution in [1.82, 2.24) is 5.32 Å². The Bertz CT molecular complexity index is 430. The molecule has 2 rings (SSSR count). The minimum Gasteiger partial charge on any atom is -0.497 e. The van der Waals surface area contributed by atoms with Crippen LogP contribution in [-0.4, -0.2) is 29.4 Å². The van der Waals surface area contributed by atoms with Crippen molar-refractivity contribution >= 4 is 10.8 Å². The number of hydrogen-bond donors (Lipinski definition) is 1. The summed E-state index contributed by atoms with van der Waals surface area (Å²) in [7, 11) is 2.86. The highest BCUT2D eigenvalue weighted by molar-refractivity contribution is 7.85. The van der Waals surface area contributed by atoms with E-state index < -0.39 is 10.8 Å². The molecular formula is C15H23NO2S. The van der Waals surface area contributed by atoms with Gasteiger partial charge >= 0.3 is 0 Å². The second kappa shape index (κ2) is 7.06. The van der Waals surface area contributed by atoms with Crippen molar-refractivity contribution in [3.8, 4) is 5.75 Å². The molecule has 2 atom stereocenters. The van der Waals surface area contributed by atoms with Crippen molar-refractivity contribution in [3.05, 3.63) is 29.8 Å². The van der Waals surface area contributed by atoms with Crippen molar-refractivity contribution in [3.63, 3.8) is 0 Å². The Hall–Kier alpha value is -0.870. The van der Waals surface area contributed by atoms with Gasteiger partial charge in [0.25, 0.3) is 0 Å². The lowest BCUT2D eigenvalue weighted by atomic mass is 10.1. The summed E-state index contributed by atoms with van der Waals surface area (Å²) in [6.07, 6.45) is 4.72. The Balaban J connectivity index is 2.04. The van der Waals surface area contributed by atoms with Crippen molar-refractivity contribution in [2.75, 3.05) is 19.9 Å². The van der Waals surface area contributed by atoms with Crippen LogP contribution in [0.4, 0.5) is 0 Å². The van der Waals surface area contributed by atoms with Crippen LogP contribution in [0, 0.1) is 0 Å². The van der Waals surface area contributed by atoms with E-state index in [0.717, 1.165) is 24.2 Å². The molecule has 0 spiro atoms. The molecule has 19 heavy (non-hydrogen) atoms. The highest BCUT2D eigenvalue weighted by Gasteiger charge is 2.24. The maximum absolute atomic E-state index is 12.4. The normalized spacial score (nSPS) is 19.3. The summed E-state index contributed by atoms with van der Waals surface area (Å²) < 4.78 is 17.6. The van der Waals surface area contributed by atoms with Gasteiger partial charge in [0.05, 0.1) is 7.11 Å². The Morgan fingerprint density at radius 1 is 1.42 bits per heavy atom. The quantitative estimate of drug-likeness (QED) is 0.871. The van der Waals surface area contributed by atoms with Gasteiger partial charge in [0.2, 0.25) is 0 Å². The van der Waals surface area contributed by atoms with Crippen LogP contribution in [0.3, 0.4) is 0 Å². The molecule has 0 aliphatic heterocycles. The Morgan fingerprint density at radius 3 is 2.79 bits per heavy atom. The van der Waals surface area contributed by atoms with Gasteiger partial charge in [0, 0.05) is 27.8 Å². The van der Waals surface area contributed by atoms with E-state index in [4.69, 9.17) is 4.74 Å². The van der Waals surface area contributed by atoms with E-state index >= 15 is 0 Å². The second-order valence-electron chi connectivity index (χ2n) is 5.07. The summed E-state index contributed by atoms with van der Waals surface area (Å²) in [5, 5.41) is 3.68. The van der Waals surface area contributed by atoms with Gasteiger partial charge in [-0.3, -0.25) is 4.21 Å². The lowest BCUT2D eigenvalue weighted by Gasteiger charge is -2.19. The van der Waals surface area contributed by atoms with E-state index in [9.17, 15) is 4.21 Å². The van der Waals surface area contributed by atoms with Gasteiger partial charge in [0.15, 0.2) is 0 Å². The number of hydrogen-bond acceptors (Lipinski definition) is 3. The van der Waals surface area contributed by atoms with Crippen molar-refractivity contribution in [2.24, 2.45) is 0 Å². The van der Waals surface area contributed by atoms with Crippen LogP contribution >= 0.6 is 0 Å². The summed E-state index contributed by atoms with van der Waals surface area (Å²) in [5.41, 5.74) is 1.15. The van der Waals surface area contributed by atoms with Gasteiger partial charge in [-0.2, -0.15) is 0 Å². The maximum atomic E-state index is 12.4. The zero-order valence-corrected chi connectivity index (χ0v) is 12.5. The standard InChI is InChI=1S/C15H23NO2S/c1-16-15(11-19(17)14-8-3-4-9-14)12-6-5-7-13(10-12)18-2/h5-7,10,14-16H,3-4,8-9,11H2,1-2H3. The second-order valence-corrected chi connectivity index (χ2v) is 6.83. The summed E-state index contributed by atoms with van der Waals surface area (Å²) in [5.74, 6) is 1.54. The van der Waals surface area contributed by atoms with E-state index in [2.05, 4.69) is 11.4 Å². The largest absolute Gasteiger partial charge is 0.497 e. The van der Waals surface area contributed by atoms with Crippen LogP contribution in [0.25, 0.3) is 0 Å². The first kappa shape index (κ1) is 14.5. The fraction of sp³-hybridized carbons (Fsp3) is 0.600. The average Bonchev–Trinajstić information content (AvgIpc) is 2.98. The molecule has 2 unspecified atom stereocenters. The highest BCUT2D eigenvalue weighted by Crippen LogP contribution is 2.26. The summed E-state index contributed by atoms with van der Waals surface area (Å²) in [6.45, 7) is 0. The molecule has 0 saturated heterocycles.